The normalized spacial score (nSPS) is 11.1. The highest BCUT2D eigenvalue weighted by Crippen LogP contribution is 2.22. The number of nitrogens with zero attached hydrogens (tertiary/aromatic N) is 4. The van der Waals surface area contributed by atoms with Crippen LogP contribution >= 0.6 is 11.8 Å². The Bertz CT molecular complexity index is 1350. The second kappa shape index (κ2) is 10.3. The van der Waals surface area contributed by atoms with Gasteiger partial charge in [-0.3, -0.25) is 23.9 Å². The molecule has 4 rings (SSSR count). The van der Waals surface area contributed by atoms with Crippen molar-refractivity contribution in [3.05, 3.63) is 70.5 Å². The van der Waals surface area contributed by atoms with Gasteiger partial charge in [0.25, 0.3) is 5.56 Å². The maximum absolute atomic E-state index is 13.2. The summed E-state index contributed by atoms with van der Waals surface area (Å²) in [5, 5.41) is 14.2. The van der Waals surface area contributed by atoms with E-state index in [0.29, 0.717) is 41.5 Å². The van der Waals surface area contributed by atoms with Crippen LogP contribution in [0.15, 0.2) is 64.5 Å². The van der Waals surface area contributed by atoms with Gasteiger partial charge in [0.1, 0.15) is 0 Å². The first-order valence-electron chi connectivity index (χ1n) is 10.2. The third-order valence-electron chi connectivity index (χ3n) is 4.84. The molecule has 0 spiro atoms. The molecule has 2 N–H and O–H groups in total. The number of hydrogen-bond acceptors (Lipinski definition) is 7. The number of methoxy groups -OCH3 is 1. The Morgan fingerprint density at radius 1 is 1.06 bits per heavy atom. The Labute approximate surface area is 193 Å². The predicted octanol–water partition coefficient (Wildman–Crippen LogP) is 1.66. The van der Waals surface area contributed by atoms with Gasteiger partial charge >= 0.3 is 6.03 Å². The third-order valence-corrected chi connectivity index (χ3v) is 5.77. The van der Waals surface area contributed by atoms with E-state index < -0.39 is 11.9 Å². The predicted molar refractivity (Wildman–Crippen MR) is 124 cm³/mol. The lowest BCUT2D eigenvalue weighted by molar-refractivity contribution is -0.117. The third kappa shape index (κ3) is 5.04. The molecule has 0 unspecified atom stereocenters. The lowest BCUT2D eigenvalue weighted by Crippen LogP contribution is -2.41. The number of benzene rings is 2. The number of carbonyl (C=O) groups excluding carboxylic acids is 2. The molecule has 0 radical (unpaired) electrons. The highest BCUT2D eigenvalue weighted by atomic mass is 32.2. The molecule has 2 heterocycles. The first kappa shape index (κ1) is 22.5. The van der Waals surface area contributed by atoms with Crippen molar-refractivity contribution in [3.63, 3.8) is 0 Å². The van der Waals surface area contributed by atoms with E-state index in [-0.39, 0.29) is 11.3 Å². The molecule has 10 nitrogen and oxygen atoms in total. The molecule has 0 atom stereocenters. The Balaban J connectivity index is 1.62. The Morgan fingerprint density at radius 2 is 1.82 bits per heavy atom. The van der Waals surface area contributed by atoms with Crippen molar-refractivity contribution < 1.29 is 14.3 Å². The second-order valence-corrected chi connectivity index (χ2v) is 8.04. The van der Waals surface area contributed by atoms with Crippen molar-refractivity contribution in [1.29, 1.82) is 0 Å². The second-order valence-electron chi connectivity index (χ2n) is 7.10. The summed E-state index contributed by atoms with van der Waals surface area (Å²) in [5.74, 6) is -0.152. The fraction of sp³-hybridized carbons (Fsp3) is 0.227. The summed E-state index contributed by atoms with van der Waals surface area (Å²) < 4.78 is 8.18. The summed E-state index contributed by atoms with van der Waals surface area (Å²) in [5.41, 5.74) is 1.43. The summed E-state index contributed by atoms with van der Waals surface area (Å²) in [4.78, 5) is 37.2. The number of rotatable bonds is 8. The van der Waals surface area contributed by atoms with Crippen LogP contribution < -0.4 is 16.2 Å². The number of carbonyl (C=O) groups is 2. The van der Waals surface area contributed by atoms with Gasteiger partial charge in [-0.05, 0) is 17.7 Å². The van der Waals surface area contributed by atoms with Gasteiger partial charge in [-0.15, -0.1) is 10.2 Å². The molecule has 2 aromatic heterocycles. The van der Waals surface area contributed by atoms with E-state index in [9.17, 15) is 14.4 Å². The van der Waals surface area contributed by atoms with Crippen LogP contribution in [0.3, 0.4) is 0 Å². The number of imide groups is 1. The zero-order valence-electron chi connectivity index (χ0n) is 17.9. The van der Waals surface area contributed by atoms with Crippen LogP contribution in [-0.4, -0.2) is 57.1 Å². The molecule has 0 saturated heterocycles. The average Bonchev–Trinajstić information content (AvgIpc) is 3.25. The molecular formula is C22H22N6O4S. The van der Waals surface area contributed by atoms with Crippen molar-refractivity contribution >= 4 is 40.4 Å². The Kier molecular flexibility index (Phi) is 7.01. The van der Waals surface area contributed by atoms with Crippen LogP contribution in [0.25, 0.3) is 16.7 Å². The van der Waals surface area contributed by atoms with Crippen LogP contribution in [0, 0.1) is 0 Å². The molecule has 3 amide bonds. The molecule has 0 saturated carbocycles. The topological polar surface area (TPSA) is 120 Å². The fourth-order valence-electron chi connectivity index (χ4n) is 3.34. The number of fused-ring (bicyclic) bond motifs is 3. The lowest BCUT2D eigenvalue weighted by atomic mass is 10.2. The molecule has 170 valence electrons. The number of amides is 3. The van der Waals surface area contributed by atoms with Crippen molar-refractivity contribution in [2.75, 3.05) is 26.0 Å². The number of para-hydroxylation sites is 1. The van der Waals surface area contributed by atoms with E-state index in [4.69, 9.17) is 4.74 Å². The fourth-order valence-corrected chi connectivity index (χ4v) is 4.08. The van der Waals surface area contributed by atoms with E-state index in [1.165, 1.54) is 7.11 Å². The van der Waals surface area contributed by atoms with Crippen molar-refractivity contribution in [2.45, 2.75) is 11.7 Å². The van der Waals surface area contributed by atoms with Gasteiger partial charge in [-0.25, -0.2) is 4.79 Å². The molecular weight excluding hydrogens is 444 g/mol. The van der Waals surface area contributed by atoms with Crippen LogP contribution in [0.4, 0.5) is 4.79 Å². The molecule has 0 aliphatic carbocycles. The van der Waals surface area contributed by atoms with Gasteiger partial charge in [0.05, 0.1) is 29.8 Å². The summed E-state index contributed by atoms with van der Waals surface area (Å²) >= 11 is 1.13. The van der Waals surface area contributed by atoms with E-state index >= 15 is 0 Å². The largest absolute Gasteiger partial charge is 0.383 e. The number of hydrogen-bond donors (Lipinski definition) is 2. The van der Waals surface area contributed by atoms with E-state index in [1.54, 1.807) is 21.1 Å². The molecule has 11 heteroatoms. The Morgan fingerprint density at radius 3 is 2.61 bits per heavy atom. The van der Waals surface area contributed by atoms with Crippen LogP contribution in [0.1, 0.15) is 5.56 Å². The van der Waals surface area contributed by atoms with Gasteiger partial charge in [0.15, 0.2) is 5.16 Å². The number of ether oxygens (including phenoxy) is 1. The van der Waals surface area contributed by atoms with Gasteiger partial charge in [-0.2, -0.15) is 0 Å². The summed E-state index contributed by atoms with van der Waals surface area (Å²) in [7, 11) is 1.52. The van der Waals surface area contributed by atoms with Gasteiger partial charge in [0, 0.05) is 13.7 Å². The molecule has 0 bridgehead atoms. The minimum Gasteiger partial charge on any atom is -0.383 e. The van der Waals surface area contributed by atoms with E-state index in [1.807, 2.05) is 42.5 Å². The smallest absolute Gasteiger partial charge is 0.321 e. The number of nitrogens with one attached hydrogen (secondary N) is 2. The lowest BCUT2D eigenvalue weighted by Gasteiger charge is -2.11. The van der Waals surface area contributed by atoms with Crippen molar-refractivity contribution in [2.24, 2.45) is 0 Å². The molecule has 0 aliphatic heterocycles. The monoisotopic (exact) mass is 466 g/mol. The van der Waals surface area contributed by atoms with Crippen LogP contribution in [0.5, 0.6) is 0 Å². The highest BCUT2D eigenvalue weighted by molar-refractivity contribution is 7.99. The number of aromatic nitrogens is 4. The number of thioether (sulfide) groups is 1. The summed E-state index contributed by atoms with van der Waals surface area (Å²) in [6.07, 6.45) is 0. The quantitative estimate of drug-likeness (QED) is 0.299. The van der Waals surface area contributed by atoms with E-state index in [0.717, 1.165) is 17.3 Å². The van der Waals surface area contributed by atoms with Crippen LogP contribution in [0.2, 0.25) is 0 Å². The maximum atomic E-state index is 13.2. The first-order chi connectivity index (χ1) is 16.1. The molecule has 0 aliphatic rings. The molecule has 0 fully saturated rings. The zero-order valence-corrected chi connectivity index (χ0v) is 18.7. The first-order valence-corrected chi connectivity index (χ1v) is 11.2. The van der Waals surface area contributed by atoms with Crippen LogP contribution in [-0.2, 0) is 16.1 Å². The van der Waals surface area contributed by atoms with E-state index in [2.05, 4.69) is 20.8 Å². The Hall–Kier alpha value is -3.70. The molecule has 4 aromatic rings. The minimum absolute atomic E-state index is 0.0510. The zero-order chi connectivity index (χ0) is 23.2. The summed E-state index contributed by atoms with van der Waals surface area (Å²) in [6, 6.07) is 16.2. The van der Waals surface area contributed by atoms with Gasteiger partial charge in [-0.1, -0.05) is 54.2 Å². The minimum atomic E-state index is -0.592. The van der Waals surface area contributed by atoms with Gasteiger partial charge in [0.2, 0.25) is 11.7 Å². The number of urea groups is 1. The maximum Gasteiger partial charge on any atom is 0.321 e. The molecule has 33 heavy (non-hydrogen) atoms. The summed E-state index contributed by atoms with van der Waals surface area (Å²) in [6.45, 7) is 0.974. The van der Waals surface area contributed by atoms with Gasteiger partial charge < -0.3 is 10.1 Å². The SMILES string of the molecule is COCCNC(=O)NC(=O)CSc1nnc2n(Cc3ccccc3)c(=O)c3ccccc3n12. The van der Waals surface area contributed by atoms with Crippen molar-refractivity contribution in [1.82, 2.24) is 29.8 Å². The average molecular weight is 467 g/mol. The van der Waals surface area contributed by atoms with Crippen molar-refractivity contribution in [3.8, 4) is 0 Å². The standard InChI is InChI=1S/C22H22N6O4S/c1-32-12-11-23-20(31)24-18(29)14-33-22-26-25-21-27(13-15-7-3-2-4-8-15)19(30)16-9-5-6-10-17(16)28(21)22/h2-10H,11-14H2,1H3,(H2,23,24,29,31). The molecule has 2 aromatic carbocycles. The highest BCUT2D eigenvalue weighted by Gasteiger charge is 2.18.